The Morgan fingerprint density at radius 2 is 1.57 bits per heavy atom. The Hall–Kier alpha value is -3.99. The molecule has 0 fully saturated rings. The average molecular weight is 466 g/mol. The van der Waals surface area contributed by atoms with E-state index in [2.05, 4.69) is 5.32 Å². The highest BCUT2D eigenvalue weighted by atomic mass is 16.3. The van der Waals surface area contributed by atoms with Crippen LogP contribution in [0.2, 0.25) is 0 Å². The first kappa shape index (κ1) is 24.1. The van der Waals surface area contributed by atoms with Crippen molar-refractivity contribution in [2.45, 2.75) is 46.0 Å². The summed E-state index contributed by atoms with van der Waals surface area (Å²) in [7, 11) is 0. The lowest BCUT2D eigenvalue weighted by Gasteiger charge is -2.21. The van der Waals surface area contributed by atoms with E-state index in [1.54, 1.807) is 12.1 Å². The summed E-state index contributed by atoms with van der Waals surface area (Å²) in [6.07, 6.45) is 3.14. The fraction of sp³-hybridized carbons (Fsp3) is 0.233. The minimum atomic E-state index is -0.0662. The number of aromatic nitrogens is 2. The second kappa shape index (κ2) is 11.4. The molecule has 0 radical (unpaired) electrons. The maximum absolute atomic E-state index is 12.8. The van der Waals surface area contributed by atoms with Gasteiger partial charge in [-0.3, -0.25) is 4.79 Å². The van der Waals surface area contributed by atoms with Gasteiger partial charge in [0.05, 0.1) is 17.1 Å². The fourth-order valence-corrected chi connectivity index (χ4v) is 4.28. The molecule has 3 aromatic carbocycles. The summed E-state index contributed by atoms with van der Waals surface area (Å²) in [6.45, 7) is 4.00. The lowest BCUT2D eigenvalue weighted by Crippen LogP contribution is -2.19. The SMILES string of the molecule is CC.O=C(CCc1ccccc1)Nc1nc2c(nc1Cc1ccccc1)-c1ccc(O)cc1CC2. The number of carbonyl (C=O) groups excluding carboxylic acids is 1. The number of nitrogens with zero attached hydrogens (tertiary/aromatic N) is 2. The third-order valence-corrected chi connectivity index (χ3v) is 5.97. The molecule has 2 N–H and O–H groups in total. The Labute approximate surface area is 206 Å². The molecule has 1 aliphatic rings. The van der Waals surface area contributed by atoms with Crippen molar-refractivity contribution in [1.82, 2.24) is 9.97 Å². The van der Waals surface area contributed by atoms with Crippen molar-refractivity contribution in [2.75, 3.05) is 5.32 Å². The third kappa shape index (κ3) is 5.93. The van der Waals surface area contributed by atoms with Gasteiger partial charge in [-0.15, -0.1) is 0 Å². The van der Waals surface area contributed by atoms with E-state index in [0.717, 1.165) is 52.2 Å². The van der Waals surface area contributed by atoms with Gasteiger partial charge in [0.2, 0.25) is 5.91 Å². The highest BCUT2D eigenvalue weighted by molar-refractivity contribution is 5.90. The molecule has 0 bridgehead atoms. The number of nitrogens with one attached hydrogen (secondary N) is 1. The first-order valence-electron chi connectivity index (χ1n) is 12.3. The average Bonchev–Trinajstić information content (AvgIpc) is 2.90. The molecule has 1 aromatic heterocycles. The minimum absolute atomic E-state index is 0.0662. The molecule has 0 atom stereocenters. The minimum Gasteiger partial charge on any atom is -0.508 e. The van der Waals surface area contributed by atoms with Crippen LogP contribution >= 0.6 is 0 Å². The Morgan fingerprint density at radius 1 is 0.886 bits per heavy atom. The van der Waals surface area contributed by atoms with E-state index in [9.17, 15) is 9.90 Å². The number of carbonyl (C=O) groups is 1. The molecule has 5 heteroatoms. The Balaban J connectivity index is 0.00000141. The number of amides is 1. The van der Waals surface area contributed by atoms with Crippen LogP contribution in [0, 0.1) is 0 Å². The van der Waals surface area contributed by atoms with Crippen LogP contribution in [0.25, 0.3) is 11.3 Å². The van der Waals surface area contributed by atoms with Crippen molar-refractivity contribution in [2.24, 2.45) is 0 Å². The predicted octanol–water partition coefficient (Wildman–Crippen LogP) is 6.14. The highest BCUT2D eigenvalue weighted by Gasteiger charge is 2.23. The molecule has 178 valence electrons. The lowest BCUT2D eigenvalue weighted by atomic mass is 9.91. The topological polar surface area (TPSA) is 75.1 Å². The van der Waals surface area contributed by atoms with Gasteiger partial charge in [0.25, 0.3) is 0 Å². The van der Waals surface area contributed by atoms with Crippen molar-refractivity contribution in [3.63, 3.8) is 0 Å². The number of phenols is 1. The van der Waals surface area contributed by atoms with Crippen molar-refractivity contribution in [3.05, 3.63) is 107 Å². The zero-order valence-corrected chi connectivity index (χ0v) is 20.3. The highest BCUT2D eigenvalue weighted by Crippen LogP contribution is 2.35. The summed E-state index contributed by atoms with van der Waals surface area (Å²) < 4.78 is 0. The molecule has 1 amide bonds. The van der Waals surface area contributed by atoms with Crippen LogP contribution in [0.3, 0.4) is 0 Å². The number of hydrogen-bond donors (Lipinski definition) is 2. The van der Waals surface area contributed by atoms with Gasteiger partial charge in [0.15, 0.2) is 5.82 Å². The van der Waals surface area contributed by atoms with E-state index in [0.29, 0.717) is 25.1 Å². The lowest BCUT2D eigenvalue weighted by molar-refractivity contribution is -0.116. The van der Waals surface area contributed by atoms with Crippen LogP contribution in [-0.4, -0.2) is 21.0 Å². The van der Waals surface area contributed by atoms with Crippen LogP contribution in [-0.2, 0) is 30.5 Å². The molecule has 4 aromatic rings. The van der Waals surface area contributed by atoms with E-state index in [4.69, 9.17) is 9.97 Å². The summed E-state index contributed by atoms with van der Waals surface area (Å²) in [5, 5.41) is 12.9. The number of fused-ring (bicyclic) bond motifs is 3. The third-order valence-electron chi connectivity index (χ3n) is 5.97. The van der Waals surface area contributed by atoms with Gasteiger partial charge < -0.3 is 10.4 Å². The number of aryl methyl sites for hydroxylation is 3. The van der Waals surface area contributed by atoms with Crippen molar-refractivity contribution < 1.29 is 9.90 Å². The molecule has 0 unspecified atom stereocenters. The maximum atomic E-state index is 12.8. The van der Waals surface area contributed by atoms with Crippen LogP contribution in [0.1, 0.15) is 48.3 Å². The normalized spacial score (nSPS) is 11.5. The second-order valence-corrected chi connectivity index (χ2v) is 8.35. The quantitative estimate of drug-likeness (QED) is 0.359. The molecule has 1 heterocycles. The fourth-order valence-electron chi connectivity index (χ4n) is 4.28. The maximum Gasteiger partial charge on any atom is 0.225 e. The van der Waals surface area contributed by atoms with E-state index in [1.165, 1.54) is 0 Å². The number of rotatable bonds is 6. The summed E-state index contributed by atoms with van der Waals surface area (Å²) in [6, 6.07) is 25.5. The molecule has 35 heavy (non-hydrogen) atoms. The second-order valence-electron chi connectivity index (χ2n) is 8.35. The van der Waals surface area contributed by atoms with Crippen LogP contribution < -0.4 is 5.32 Å². The summed E-state index contributed by atoms with van der Waals surface area (Å²) in [5.74, 6) is 0.735. The summed E-state index contributed by atoms with van der Waals surface area (Å²) >= 11 is 0. The zero-order valence-electron chi connectivity index (χ0n) is 20.3. The van der Waals surface area contributed by atoms with E-state index < -0.39 is 0 Å². The molecule has 1 aliphatic carbocycles. The molecular weight excluding hydrogens is 434 g/mol. The van der Waals surface area contributed by atoms with Gasteiger partial charge in [-0.2, -0.15) is 0 Å². The number of phenolic OH excluding ortho intramolecular Hbond substituents is 1. The number of hydrogen-bond acceptors (Lipinski definition) is 4. The molecule has 0 saturated carbocycles. The van der Waals surface area contributed by atoms with Crippen molar-refractivity contribution in [3.8, 4) is 17.0 Å². The summed E-state index contributed by atoms with van der Waals surface area (Å²) in [4.78, 5) is 22.6. The monoisotopic (exact) mass is 465 g/mol. The number of aromatic hydroxyl groups is 1. The van der Waals surface area contributed by atoms with Crippen molar-refractivity contribution >= 4 is 11.7 Å². The smallest absolute Gasteiger partial charge is 0.225 e. The first-order chi connectivity index (χ1) is 17.2. The van der Waals surface area contributed by atoms with Crippen molar-refractivity contribution in [1.29, 1.82) is 0 Å². The molecule has 0 saturated heterocycles. The molecular formula is C30H31N3O2. The van der Waals surface area contributed by atoms with Gasteiger partial charge in [-0.1, -0.05) is 74.5 Å². The molecule has 5 nitrogen and oxygen atoms in total. The zero-order chi connectivity index (χ0) is 24.6. The van der Waals surface area contributed by atoms with E-state index in [1.807, 2.05) is 80.6 Å². The van der Waals surface area contributed by atoms with Gasteiger partial charge in [-0.05, 0) is 54.2 Å². The largest absolute Gasteiger partial charge is 0.508 e. The summed E-state index contributed by atoms with van der Waals surface area (Å²) in [5.41, 5.74) is 6.77. The van der Waals surface area contributed by atoms with E-state index in [-0.39, 0.29) is 11.7 Å². The number of anilines is 1. The predicted molar refractivity (Wildman–Crippen MR) is 141 cm³/mol. The van der Waals surface area contributed by atoms with Gasteiger partial charge >= 0.3 is 0 Å². The van der Waals surface area contributed by atoms with Crippen LogP contribution in [0.4, 0.5) is 5.82 Å². The van der Waals surface area contributed by atoms with Gasteiger partial charge in [0, 0.05) is 18.4 Å². The van der Waals surface area contributed by atoms with Crippen LogP contribution in [0.5, 0.6) is 5.75 Å². The number of benzene rings is 3. The Bertz CT molecular complexity index is 1290. The van der Waals surface area contributed by atoms with E-state index >= 15 is 0 Å². The Morgan fingerprint density at radius 3 is 2.29 bits per heavy atom. The molecule has 0 aliphatic heterocycles. The van der Waals surface area contributed by atoms with Gasteiger partial charge in [0.1, 0.15) is 5.75 Å². The first-order valence-corrected chi connectivity index (χ1v) is 12.3. The standard InChI is InChI=1S/C28H25N3O2.C2H6/c32-22-13-14-23-21(18-22)12-15-24-27(23)29-25(17-20-9-5-2-6-10-20)28(30-24)31-26(33)16-11-19-7-3-1-4-8-19;1-2/h1-10,13-14,18,32H,11-12,15-17H2,(H,30,31,33);1-2H3. The van der Waals surface area contributed by atoms with Gasteiger partial charge in [-0.25, -0.2) is 9.97 Å². The molecule has 0 spiro atoms. The Kier molecular flexibility index (Phi) is 7.88. The van der Waals surface area contributed by atoms with Crippen LogP contribution in [0.15, 0.2) is 78.9 Å². The molecule has 5 rings (SSSR count).